The average molecular weight is 350 g/mol. The lowest BCUT2D eigenvalue weighted by Gasteiger charge is -2.26. The Balaban J connectivity index is 0. The minimum atomic E-state index is -0.988. The molecule has 0 aliphatic rings. The molecule has 0 rings (SSSR count). The van der Waals surface area contributed by atoms with E-state index in [9.17, 15) is 14.4 Å². The molecule has 9 heteroatoms. The highest BCUT2D eigenvalue weighted by Gasteiger charge is 2.26. The maximum atomic E-state index is 10.4. The van der Waals surface area contributed by atoms with Crippen LogP contribution in [0.4, 0.5) is 0 Å². The lowest BCUT2D eigenvalue weighted by Crippen LogP contribution is -2.33. The lowest BCUT2D eigenvalue weighted by molar-refractivity contribution is -0.138. The van der Waals surface area contributed by atoms with Crippen LogP contribution in [-0.2, 0) is 14.4 Å². The summed E-state index contributed by atoms with van der Waals surface area (Å²) in [6.45, 7) is 0.515. The van der Waals surface area contributed by atoms with Gasteiger partial charge in [0.15, 0.2) is 0 Å². The second kappa shape index (κ2) is 13.5. The second-order valence-corrected chi connectivity index (χ2v) is 5.35. The monoisotopic (exact) mass is 350 g/mol. The summed E-state index contributed by atoms with van der Waals surface area (Å²) in [5.41, 5.74) is -0.701. The molecule has 0 spiro atoms. The van der Waals surface area contributed by atoms with Gasteiger partial charge in [0, 0.05) is 23.8 Å². The van der Waals surface area contributed by atoms with E-state index in [0.717, 1.165) is 0 Å². The van der Waals surface area contributed by atoms with E-state index in [1.165, 1.54) is 13.0 Å². The largest absolute Gasteiger partial charge is 0.481 e. The van der Waals surface area contributed by atoms with Gasteiger partial charge in [0.2, 0.25) is 0 Å². The fourth-order valence-electron chi connectivity index (χ4n) is 1.46. The van der Waals surface area contributed by atoms with Crippen molar-refractivity contribution >= 4 is 17.9 Å². The molecule has 9 nitrogen and oxygen atoms in total. The molecular formula is C15H26O9. The van der Waals surface area contributed by atoms with Gasteiger partial charge >= 0.3 is 17.9 Å². The summed E-state index contributed by atoms with van der Waals surface area (Å²) < 4.78 is 0. The van der Waals surface area contributed by atoms with Gasteiger partial charge in [-0.15, -0.1) is 0 Å². The first kappa shape index (κ1) is 24.3. The predicted molar refractivity (Wildman–Crippen MR) is 83.4 cm³/mol. The fraction of sp³-hybridized carbons (Fsp3) is 0.667. The molecular weight excluding hydrogens is 324 g/mol. The van der Waals surface area contributed by atoms with E-state index < -0.39 is 23.3 Å². The summed E-state index contributed by atoms with van der Waals surface area (Å²) in [5.74, 6) is -2.88. The quantitative estimate of drug-likeness (QED) is 0.282. The van der Waals surface area contributed by atoms with Crippen molar-refractivity contribution in [1.29, 1.82) is 0 Å². The first-order valence-electron chi connectivity index (χ1n) is 7.30. The van der Waals surface area contributed by atoms with E-state index in [4.69, 9.17) is 30.6 Å². The Bertz CT molecular complexity index is 402. The molecule has 0 aromatic heterocycles. The third kappa shape index (κ3) is 12.6. The van der Waals surface area contributed by atoms with Gasteiger partial charge in [-0.25, -0.2) is 4.79 Å². The smallest absolute Gasteiger partial charge is 0.330 e. The van der Waals surface area contributed by atoms with Crippen LogP contribution in [0, 0.1) is 5.41 Å². The summed E-state index contributed by atoms with van der Waals surface area (Å²) in [6.07, 6.45) is 2.35. The summed E-state index contributed by atoms with van der Waals surface area (Å²) in [5, 5.41) is 51.6. The van der Waals surface area contributed by atoms with Gasteiger partial charge < -0.3 is 30.6 Å². The molecule has 0 bridgehead atoms. The standard InChI is InChI=1S/C10H18O5.C5H8O4/c1-8(9(14)15)3-2-4-10(5-11,6-12)7-13;6-4(7)2-1-3-5(8)9/h3,11-13H,2,4-7H2,1H3,(H,14,15);1-3H2,(H,6,7)(H,8,9). The summed E-state index contributed by atoms with van der Waals surface area (Å²) in [4.78, 5) is 30.0. The molecule has 0 saturated carbocycles. The molecule has 0 heterocycles. The van der Waals surface area contributed by atoms with Gasteiger partial charge in [0.25, 0.3) is 0 Å². The molecule has 6 N–H and O–H groups in total. The minimum absolute atomic E-state index is 0.0632. The molecule has 0 unspecified atom stereocenters. The van der Waals surface area contributed by atoms with E-state index in [1.807, 2.05) is 0 Å². The molecule has 0 radical (unpaired) electrons. The topological polar surface area (TPSA) is 173 Å². The molecule has 0 saturated heterocycles. The minimum Gasteiger partial charge on any atom is -0.481 e. The van der Waals surface area contributed by atoms with E-state index in [2.05, 4.69) is 0 Å². The van der Waals surface area contributed by atoms with Crippen molar-refractivity contribution in [3.63, 3.8) is 0 Å². The highest BCUT2D eigenvalue weighted by molar-refractivity contribution is 5.85. The molecule has 0 aromatic rings. The number of carboxylic acids is 3. The molecule has 140 valence electrons. The van der Waals surface area contributed by atoms with Crippen LogP contribution in [0.15, 0.2) is 11.6 Å². The van der Waals surface area contributed by atoms with Crippen molar-refractivity contribution in [3.05, 3.63) is 11.6 Å². The van der Waals surface area contributed by atoms with Gasteiger partial charge in [0.1, 0.15) is 0 Å². The summed E-state index contributed by atoms with van der Waals surface area (Å²) >= 11 is 0. The zero-order valence-corrected chi connectivity index (χ0v) is 13.6. The zero-order chi connectivity index (χ0) is 19.2. The van der Waals surface area contributed by atoms with E-state index in [-0.39, 0.29) is 44.7 Å². The van der Waals surface area contributed by atoms with Gasteiger partial charge in [-0.3, -0.25) is 9.59 Å². The number of aliphatic carboxylic acids is 3. The van der Waals surface area contributed by atoms with Crippen molar-refractivity contribution < 1.29 is 45.0 Å². The number of aliphatic hydroxyl groups is 3. The van der Waals surface area contributed by atoms with E-state index in [0.29, 0.717) is 12.8 Å². The van der Waals surface area contributed by atoms with Crippen LogP contribution in [0.25, 0.3) is 0 Å². The summed E-state index contributed by atoms with van der Waals surface area (Å²) in [7, 11) is 0. The van der Waals surface area contributed by atoms with Crippen LogP contribution in [-0.4, -0.2) is 68.4 Å². The number of allylic oxidation sites excluding steroid dienone is 1. The molecule has 0 aliphatic carbocycles. The normalized spacial score (nSPS) is 11.4. The van der Waals surface area contributed by atoms with Crippen LogP contribution in [0.3, 0.4) is 0 Å². The van der Waals surface area contributed by atoms with Gasteiger partial charge in [-0.1, -0.05) is 6.08 Å². The summed E-state index contributed by atoms with van der Waals surface area (Å²) in [6, 6.07) is 0. The van der Waals surface area contributed by atoms with Crippen molar-refractivity contribution in [2.75, 3.05) is 19.8 Å². The number of aliphatic hydroxyl groups excluding tert-OH is 3. The van der Waals surface area contributed by atoms with Crippen molar-refractivity contribution in [2.45, 2.75) is 39.0 Å². The van der Waals surface area contributed by atoms with Crippen LogP contribution in [0.2, 0.25) is 0 Å². The lowest BCUT2D eigenvalue weighted by atomic mass is 9.85. The number of rotatable bonds is 11. The first-order chi connectivity index (χ1) is 11.1. The van der Waals surface area contributed by atoms with Crippen molar-refractivity contribution in [1.82, 2.24) is 0 Å². The Morgan fingerprint density at radius 3 is 1.58 bits per heavy atom. The van der Waals surface area contributed by atoms with Crippen LogP contribution < -0.4 is 0 Å². The maximum Gasteiger partial charge on any atom is 0.330 e. The number of carbonyl (C=O) groups is 3. The number of carboxylic acid groups (broad SMARTS) is 3. The fourth-order valence-corrected chi connectivity index (χ4v) is 1.46. The molecule has 24 heavy (non-hydrogen) atoms. The Labute approximate surface area is 139 Å². The van der Waals surface area contributed by atoms with Gasteiger partial charge in [0.05, 0.1) is 19.8 Å². The molecule has 0 aliphatic heterocycles. The van der Waals surface area contributed by atoms with Crippen LogP contribution in [0.1, 0.15) is 39.0 Å². The molecule has 0 amide bonds. The Hall–Kier alpha value is -1.97. The third-order valence-electron chi connectivity index (χ3n) is 3.25. The van der Waals surface area contributed by atoms with Gasteiger partial charge in [-0.2, -0.15) is 0 Å². The van der Waals surface area contributed by atoms with Crippen LogP contribution >= 0.6 is 0 Å². The highest BCUT2D eigenvalue weighted by Crippen LogP contribution is 2.22. The number of hydrogen-bond acceptors (Lipinski definition) is 6. The van der Waals surface area contributed by atoms with Crippen molar-refractivity contribution in [3.8, 4) is 0 Å². The predicted octanol–water partition coefficient (Wildman–Crippen LogP) is 0.0867. The third-order valence-corrected chi connectivity index (χ3v) is 3.25. The molecule has 0 atom stereocenters. The Morgan fingerprint density at radius 2 is 1.29 bits per heavy atom. The SMILES string of the molecule is CC(=CCCC(CO)(CO)CO)C(=O)O.O=C(O)CCCC(=O)O. The van der Waals surface area contributed by atoms with E-state index >= 15 is 0 Å². The Morgan fingerprint density at radius 1 is 0.875 bits per heavy atom. The number of hydrogen-bond donors (Lipinski definition) is 6. The Kier molecular flexibility index (Phi) is 13.6. The highest BCUT2D eigenvalue weighted by atomic mass is 16.4. The maximum absolute atomic E-state index is 10.4. The van der Waals surface area contributed by atoms with Crippen molar-refractivity contribution in [2.24, 2.45) is 5.41 Å². The molecule has 0 aromatic carbocycles. The van der Waals surface area contributed by atoms with Gasteiger partial charge in [-0.05, 0) is 26.2 Å². The van der Waals surface area contributed by atoms with Crippen LogP contribution in [0.5, 0.6) is 0 Å². The zero-order valence-electron chi connectivity index (χ0n) is 13.6. The van der Waals surface area contributed by atoms with E-state index in [1.54, 1.807) is 0 Å². The average Bonchev–Trinajstić information content (AvgIpc) is 2.51. The second-order valence-electron chi connectivity index (χ2n) is 5.35. The first-order valence-corrected chi connectivity index (χ1v) is 7.30. The molecule has 0 fully saturated rings.